The van der Waals surface area contributed by atoms with E-state index >= 15 is 0 Å². The van der Waals surface area contributed by atoms with E-state index in [-0.39, 0.29) is 0 Å². The number of anilines is 1. The Labute approximate surface area is 116 Å². The van der Waals surface area contributed by atoms with Gasteiger partial charge < -0.3 is 5.73 Å². The highest BCUT2D eigenvalue weighted by atomic mass is 15.3. The molecule has 2 aliphatic carbocycles. The zero-order valence-electron chi connectivity index (χ0n) is 12.0. The average molecular weight is 261 g/mol. The van der Waals surface area contributed by atoms with Gasteiger partial charge in [-0.25, -0.2) is 0 Å². The van der Waals surface area contributed by atoms with Crippen molar-refractivity contribution in [3.05, 3.63) is 11.9 Å². The number of hydrogen-bond acceptors (Lipinski definition) is 2. The zero-order valence-corrected chi connectivity index (χ0v) is 12.0. The number of nitrogen functional groups attached to an aromatic ring is 1. The largest absolute Gasteiger partial charge is 0.396 e. The minimum atomic E-state index is 0.599. The fraction of sp³-hybridized carbons (Fsp3) is 0.812. The van der Waals surface area contributed by atoms with Crippen LogP contribution in [-0.2, 0) is 0 Å². The van der Waals surface area contributed by atoms with Crippen molar-refractivity contribution in [2.75, 3.05) is 5.73 Å². The molecule has 19 heavy (non-hydrogen) atoms. The Balaban J connectivity index is 1.75. The van der Waals surface area contributed by atoms with Crippen LogP contribution < -0.4 is 5.73 Å². The number of hydrogen-bond donors (Lipinski definition) is 1. The summed E-state index contributed by atoms with van der Waals surface area (Å²) >= 11 is 0. The lowest BCUT2D eigenvalue weighted by molar-refractivity contribution is 0.389. The van der Waals surface area contributed by atoms with Crippen LogP contribution in [0.2, 0.25) is 0 Å². The van der Waals surface area contributed by atoms with Gasteiger partial charge in [0.15, 0.2) is 0 Å². The molecule has 106 valence electrons. The van der Waals surface area contributed by atoms with Crippen molar-refractivity contribution in [1.29, 1.82) is 0 Å². The predicted octanol–water partition coefficient (Wildman–Crippen LogP) is 4.41. The molecule has 1 aromatic heterocycles. The summed E-state index contributed by atoms with van der Waals surface area (Å²) in [5.74, 6) is 0.626. The summed E-state index contributed by atoms with van der Waals surface area (Å²) in [6.07, 6.45) is 16.8. The third-order valence-corrected chi connectivity index (χ3v) is 4.98. The molecule has 0 atom stereocenters. The molecular weight excluding hydrogens is 234 g/mol. The average Bonchev–Trinajstić information content (AvgIpc) is 2.67. The second kappa shape index (κ2) is 5.98. The Morgan fingerprint density at radius 1 is 0.895 bits per heavy atom. The van der Waals surface area contributed by atoms with Crippen LogP contribution in [0.3, 0.4) is 0 Å². The van der Waals surface area contributed by atoms with Crippen LogP contribution in [0, 0.1) is 0 Å². The van der Waals surface area contributed by atoms with Crippen molar-refractivity contribution in [1.82, 2.24) is 9.78 Å². The van der Waals surface area contributed by atoms with Crippen molar-refractivity contribution in [3.8, 4) is 0 Å². The van der Waals surface area contributed by atoms with E-state index in [4.69, 9.17) is 10.8 Å². The SMILES string of the molecule is Nc1cn(C2CCCCCC2)nc1C1CCCCC1. The highest BCUT2D eigenvalue weighted by molar-refractivity contribution is 5.43. The lowest BCUT2D eigenvalue weighted by Crippen LogP contribution is -2.11. The van der Waals surface area contributed by atoms with E-state index in [2.05, 4.69) is 10.9 Å². The lowest BCUT2D eigenvalue weighted by Gasteiger charge is -2.20. The summed E-state index contributed by atoms with van der Waals surface area (Å²) in [4.78, 5) is 0. The molecule has 2 saturated carbocycles. The van der Waals surface area contributed by atoms with Gasteiger partial charge in [0.05, 0.1) is 17.4 Å². The Morgan fingerprint density at radius 3 is 2.16 bits per heavy atom. The van der Waals surface area contributed by atoms with Crippen LogP contribution in [-0.4, -0.2) is 9.78 Å². The first kappa shape index (κ1) is 13.0. The Hall–Kier alpha value is -0.990. The van der Waals surface area contributed by atoms with Crippen LogP contribution in [0.1, 0.15) is 88.3 Å². The van der Waals surface area contributed by atoms with Gasteiger partial charge in [0.2, 0.25) is 0 Å². The van der Waals surface area contributed by atoms with E-state index in [0.29, 0.717) is 12.0 Å². The molecular formula is C16H27N3. The normalized spacial score (nSPS) is 23.4. The van der Waals surface area contributed by atoms with Crippen molar-refractivity contribution >= 4 is 5.69 Å². The van der Waals surface area contributed by atoms with Crippen molar-refractivity contribution in [3.63, 3.8) is 0 Å². The second-order valence-electron chi connectivity index (χ2n) is 6.43. The maximum Gasteiger partial charge on any atom is 0.0884 e. The van der Waals surface area contributed by atoms with E-state index < -0.39 is 0 Å². The molecule has 0 aromatic carbocycles. The van der Waals surface area contributed by atoms with Gasteiger partial charge in [-0.1, -0.05) is 44.9 Å². The lowest BCUT2D eigenvalue weighted by atomic mass is 9.86. The zero-order chi connectivity index (χ0) is 13.1. The maximum atomic E-state index is 6.23. The molecule has 1 heterocycles. The Kier molecular flexibility index (Phi) is 4.09. The number of aromatic nitrogens is 2. The molecule has 3 rings (SSSR count). The molecule has 1 aromatic rings. The van der Waals surface area contributed by atoms with Gasteiger partial charge in [0.1, 0.15) is 0 Å². The van der Waals surface area contributed by atoms with Gasteiger partial charge >= 0.3 is 0 Å². The van der Waals surface area contributed by atoms with Crippen molar-refractivity contribution in [2.45, 2.75) is 82.6 Å². The molecule has 2 N–H and O–H groups in total. The third kappa shape index (κ3) is 2.96. The molecule has 2 fully saturated rings. The van der Waals surface area contributed by atoms with E-state index in [1.807, 2.05) is 0 Å². The van der Waals surface area contributed by atoms with Gasteiger partial charge in [-0.05, 0) is 25.7 Å². The fourth-order valence-corrected chi connectivity index (χ4v) is 3.82. The molecule has 0 unspecified atom stereocenters. The summed E-state index contributed by atoms with van der Waals surface area (Å²) in [6, 6.07) is 0.599. The van der Waals surface area contributed by atoms with E-state index in [1.54, 1.807) is 0 Å². The standard InChI is InChI=1S/C16H27N3/c17-15-12-19(14-10-6-1-2-7-11-14)18-16(15)13-8-4-3-5-9-13/h12-14H,1-11,17H2. The second-order valence-corrected chi connectivity index (χ2v) is 6.43. The number of nitrogens with zero attached hydrogens (tertiary/aromatic N) is 2. The summed E-state index contributed by atoms with van der Waals surface area (Å²) in [7, 11) is 0. The predicted molar refractivity (Wildman–Crippen MR) is 79.2 cm³/mol. The number of rotatable bonds is 2. The molecule has 0 radical (unpaired) electrons. The smallest absolute Gasteiger partial charge is 0.0884 e. The first-order valence-electron chi connectivity index (χ1n) is 8.19. The van der Waals surface area contributed by atoms with Gasteiger partial charge in [0, 0.05) is 12.1 Å². The van der Waals surface area contributed by atoms with Crippen LogP contribution in [0.5, 0.6) is 0 Å². The minimum absolute atomic E-state index is 0.599. The topological polar surface area (TPSA) is 43.8 Å². The molecule has 3 heteroatoms. The highest BCUT2D eigenvalue weighted by Crippen LogP contribution is 2.36. The molecule has 0 aliphatic heterocycles. The summed E-state index contributed by atoms with van der Waals surface area (Å²) in [5.41, 5.74) is 8.37. The van der Waals surface area contributed by atoms with Gasteiger partial charge in [-0.2, -0.15) is 5.10 Å². The maximum absolute atomic E-state index is 6.23. The number of nitrogens with two attached hydrogens (primary N) is 1. The van der Waals surface area contributed by atoms with Crippen LogP contribution >= 0.6 is 0 Å². The quantitative estimate of drug-likeness (QED) is 0.801. The van der Waals surface area contributed by atoms with Crippen molar-refractivity contribution in [2.24, 2.45) is 0 Å². The fourth-order valence-electron chi connectivity index (χ4n) is 3.82. The first-order valence-corrected chi connectivity index (χ1v) is 8.19. The van der Waals surface area contributed by atoms with Gasteiger partial charge in [-0.3, -0.25) is 4.68 Å². The van der Waals surface area contributed by atoms with Crippen LogP contribution in [0.4, 0.5) is 5.69 Å². The van der Waals surface area contributed by atoms with E-state index in [0.717, 1.165) is 5.69 Å². The monoisotopic (exact) mass is 261 g/mol. The molecule has 0 amide bonds. The molecule has 0 spiro atoms. The molecule has 0 bridgehead atoms. The van der Waals surface area contributed by atoms with Crippen molar-refractivity contribution < 1.29 is 0 Å². The Bertz CT molecular complexity index is 396. The van der Waals surface area contributed by atoms with E-state index in [9.17, 15) is 0 Å². The summed E-state index contributed by atoms with van der Waals surface area (Å²) in [5, 5.41) is 4.89. The molecule has 0 saturated heterocycles. The van der Waals surface area contributed by atoms with E-state index in [1.165, 1.54) is 76.3 Å². The summed E-state index contributed by atoms with van der Waals surface area (Å²) < 4.78 is 2.20. The first-order chi connectivity index (χ1) is 9.34. The van der Waals surface area contributed by atoms with Crippen LogP contribution in [0.25, 0.3) is 0 Å². The summed E-state index contributed by atoms with van der Waals surface area (Å²) in [6.45, 7) is 0. The Morgan fingerprint density at radius 2 is 1.47 bits per heavy atom. The molecule has 3 nitrogen and oxygen atoms in total. The molecule has 2 aliphatic rings. The third-order valence-electron chi connectivity index (χ3n) is 4.98. The minimum Gasteiger partial charge on any atom is -0.396 e. The van der Waals surface area contributed by atoms with Gasteiger partial charge in [0.25, 0.3) is 0 Å². The van der Waals surface area contributed by atoms with Crippen LogP contribution in [0.15, 0.2) is 6.20 Å². The highest BCUT2D eigenvalue weighted by Gasteiger charge is 2.23. The van der Waals surface area contributed by atoms with Gasteiger partial charge in [-0.15, -0.1) is 0 Å².